The Labute approximate surface area is 153 Å². The molecule has 1 aliphatic heterocycles. The maximum atomic E-state index is 13.0. The lowest BCUT2D eigenvalue weighted by atomic mass is 9.95. The number of fused-ring (bicyclic) bond motifs is 1. The summed E-state index contributed by atoms with van der Waals surface area (Å²) >= 11 is 0. The van der Waals surface area contributed by atoms with E-state index in [0.29, 0.717) is 31.3 Å². The van der Waals surface area contributed by atoms with Crippen molar-refractivity contribution in [3.63, 3.8) is 0 Å². The minimum Gasteiger partial charge on any atom is -0.347 e. The predicted molar refractivity (Wildman–Crippen MR) is 97.5 cm³/mol. The van der Waals surface area contributed by atoms with E-state index in [1.807, 2.05) is 60.6 Å². The van der Waals surface area contributed by atoms with E-state index in [4.69, 9.17) is 0 Å². The second-order valence-electron chi connectivity index (χ2n) is 6.85. The topological polar surface area (TPSA) is 80.1 Å². The summed E-state index contributed by atoms with van der Waals surface area (Å²) < 4.78 is 1.81. The van der Waals surface area contributed by atoms with Gasteiger partial charge < -0.3 is 14.8 Å². The van der Waals surface area contributed by atoms with Crippen molar-refractivity contribution in [1.29, 1.82) is 0 Å². The highest BCUT2D eigenvalue weighted by Crippen LogP contribution is 2.24. The average Bonchev–Trinajstić information content (AvgIpc) is 3.06. The van der Waals surface area contributed by atoms with Gasteiger partial charge in [0, 0.05) is 19.1 Å². The summed E-state index contributed by atoms with van der Waals surface area (Å²) in [5.41, 5.74) is 1.03. The minimum absolute atomic E-state index is 0.0355. The number of carbonyl (C=O) groups excluding carboxylic acids is 2. The molecule has 7 nitrogen and oxygen atoms in total. The SMILES string of the molecule is CCC(C(=O)N1CCn2c(nnc2C(=O)NC(C)C)C1)c1ccccc1. The molecular weight excluding hydrogens is 330 g/mol. The highest BCUT2D eigenvalue weighted by atomic mass is 16.2. The average molecular weight is 355 g/mol. The number of amides is 2. The molecule has 1 aromatic carbocycles. The highest BCUT2D eigenvalue weighted by Gasteiger charge is 2.30. The first kappa shape index (κ1) is 18.1. The second kappa shape index (κ2) is 7.68. The molecule has 1 N–H and O–H groups in total. The Bertz CT molecular complexity index is 784. The van der Waals surface area contributed by atoms with Crippen molar-refractivity contribution in [2.24, 2.45) is 0 Å². The number of aromatic nitrogens is 3. The van der Waals surface area contributed by atoms with Crippen LogP contribution >= 0.6 is 0 Å². The fourth-order valence-electron chi connectivity index (χ4n) is 3.30. The Morgan fingerprint density at radius 2 is 1.88 bits per heavy atom. The molecule has 0 saturated heterocycles. The molecule has 0 saturated carbocycles. The van der Waals surface area contributed by atoms with Crippen molar-refractivity contribution in [2.75, 3.05) is 6.54 Å². The first-order chi connectivity index (χ1) is 12.5. The van der Waals surface area contributed by atoms with E-state index in [9.17, 15) is 9.59 Å². The highest BCUT2D eigenvalue weighted by molar-refractivity contribution is 5.91. The van der Waals surface area contributed by atoms with Crippen molar-refractivity contribution in [3.8, 4) is 0 Å². The maximum absolute atomic E-state index is 13.0. The number of nitrogens with zero attached hydrogens (tertiary/aromatic N) is 4. The van der Waals surface area contributed by atoms with E-state index < -0.39 is 0 Å². The van der Waals surface area contributed by atoms with Crippen molar-refractivity contribution >= 4 is 11.8 Å². The van der Waals surface area contributed by atoms with E-state index in [1.54, 1.807) is 0 Å². The molecule has 1 aliphatic rings. The van der Waals surface area contributed by atoms with Crippen molar-refractivity contribution < 1.29 is 9.59 Å². The van der Waals surface area contributed by atoms with Gasteiger partial charge in [0.2, 0.25) is 11.7 Å². The summed E-state index contributed by atoms with van der Waals surface area (Å²) in [7, 11) is 0. The molecule has 0 radical (unpaired) electrons. The molecule has 2 heterocycles. The first-order valence-electron chi connectivity index (χ1n) is 9.08. The summed E-state index contributed by atoms with van der Waals surface area (Å²) in [5.74, 6) is 0.682. The number of hydrogen-bond acceptors (Lipinski definition) is 4. The molecule has 2 amide bonds. The molecule has 3 rings (SSSR count). The lowest BCUT2D eigenvalue weighted by Gasteiger charge is -2.30. The van der Waals surface area contributed by atoms with E-state index >= 15 is 0 Å². The summed E-state index contributed by atoms with van der Waals surface area (Å²) in [6.07, 6.45) is 0.744. The lowest BCUT2D eigenvalue weighted by molar-refractivity contribution is -0.134. The van der Waals surface area contributed by atoms with Crippen LogP contribution in [0.5, 0.6) is 0 Å². The zero-order valence-corrected chi connectivity index (χ0v) is 15.5. The third-order valence-corrected chi connectivity index (χ3v) is 4.60. The van der Waals surface area contributed by atoms with Crippen LogP contribution in [0.1, 0.15) is 55.1 Å². The van der Waals surface area contributed by atoms with Crippen molar-refractivity contribution in [3.05, 3.63) is 47.5 Å². The van der Waals surface area contributed by atoms with Crippen LogP contribution in [0.4, 0.5) is 0 Å². The Hall–Kier alpha value is -2.70. The standard InChI is InChI=1S/C19H25N5O2/c1-4-15(14-8-6-5-7-9-14)19(26)23-10-11-24-16(12-23)21-22-17(24)18(25)20-13(2)3/h5-9,13,15H,4,10-12H2,1-3H3,(H,20,25). The lowest BCUT2D eigenvalue weighted by Crippen LogP contribution is -2.42. The monoisotopic (exact) mass is 355 g/mol. The third-order valence-electron chi connectivity index (χ3n) is 4.60. The molecule has 1 atom stereocenters. The summed E-state index contributed by atoms with van der Waals surface area (Å²) in [4.78, 5) is 27.1. The zero-order valence-electron chi connectivity index (χ0n) is 15.5. The second-order valence-corrected chi connectivity index (χ2v) is 6.85. The molecule has 1 unspecified atom stereocenters. The largest absolute Gasteiger partial charge is 0.347 e. The van der Waals surface area contributed by atoms with Gasteiger partial charge in [-0.2, -0.15) is 0 Å². The summed E-state index contributed by atoms with van der Waals surface area (Å²) in [6.45, 7) is 7.29. The van der Waals surface area contributed by atoms with Crippen molar-refractivity contribution in [1.82, 2.24) is 25.0 Å². The molecule has 138 valence electrons. The van der Waals surface area contributed by atoms with Crippen LogP contribution < -0.4 is 5.32 Å². The predicted octanol–water partition coefficient (Wildman–Crippen LogP) is 1.95. The van der Waals surface area contributed by atoms with E-state index in [2.05, 4.69) is 15.5 Å². The molecule has 7 heteroatoms. The Morgan fingerprint density at radius 1 is 1.15 bits per heavy atom. The van der Waals surface area contributed by atoms with Crippen LogP contribution in [0.15, 0.2) is 30.3 Å². The first-order valence-corrected chi connectivity index (χ1v) is 9.08. The van der Waals surface area contributed by atoms with Gasteiger partial charge in [-0.25, -0.2) is 0 Å². The van der Waals surface area contributed by atoms with Crippen LogP contribution in [0.2, 0.25) is 0 Å². The molecule has 0 bridgehead atoms. The van der Waals surface area contributed by atoms with Crippen LogP contribution in [0.25, 0.3) is 0 Å². The van der Waals surface area contributed by atoms with Gasteiger partial charge in [-0.15, -0.1) is 10.2 Å². The number of carbonyl (C=O) groups is 2. The Balaban J connectivity index is 1.75. The number of hydrogen-bond donors (Lipinski definition) is 1. The number of nitrogens with one attached hydrogen (secondary N) is 1. The number of benzene rings is 1. The van der Waals surface area contributed by atoms with Gasteiger partial charge in [0.1, 0.15) is 0 Å². The van der Waals surface area contributed by atoms with E-state index in [0.717, 1.165) is 12.0 Å². The molecule has 0 spiro atoms. The Kier molecular flexibility index (Phi) is 5.35. The van der Waals surface area contributed by atoms with E-state index in [1.165, 1.54) is 0 Å². The number of rotatable bonds is 5. The smallest absolute Gasteiger partial charge is 0.289 e. The van der Waals surface area contributed by atoms with Crippen LogP contribution in [-0.4, -0.2) is 44.1 Å². The van der Waals surface area contributed by atoms with Crippen LogP contribution in [0, 0.1) is 0 Å². The summed E-state index contributed by atoms with van der Waals surface area (Å²) in [5, 5.41) is 11.0. The normalized spacial score (nSPS) is 14.8. The molecule has 26 heavy (non-hydrogen) atoms. The van der Waals surface area contributed by atoms with Crippen molar-refractivity contribution in [2.45, 2.75) is 52.2 Å². The molecule has 0 aliphatic carbocycles. The quantitative estimate of drug-likeness (QED) is 0.889. The van der Waals surface area contributed by atoms with Gasteiger partial charge >= 0.3 is 0 Å². The molecule has 1 aromatic heterocycles. The third kappa shape index (κ3) is 3.61. The summed E-state index contributed by atoms with van der Waals surface area (Å²) in [6, 6.07) is 9.89. The van der Waals surface area contributed by atoms with Gasteiger partial charge in [-0.3, -0.25) is 9.59 Å². The minimum atomic E-state index is -0.228. The van der Waals surface area contributed by atoms with Gasteiger partial charge in [0.25, 0.3) is 5.91 Å². The van der Waals surface area contributed by atoms with Crippen LogP contribution in [0.3, 0.4) is 0 Å². The molecule has 2 aromatic rings. The van der Waals surface area contributed by atoms with Gasteiger partial charge in [0.15, 0.2) is 5.82 Å². The molecular formula is C19H25N5O2. The van der Waals surface area contributed by atoms with Gasteiger partial charge in [0.05, 0.1) is 12.5 Å². The fraction of sp³-hybridized carbons (Fsp3) is 0.474. The fourth-order valence-corrected chi connectivity index (χ4v) is 3.30. The zero-order chi connectivity index (χ0) is 18.7. The van der Waals surface area contributed by atoms with E-state index in [-0.39, 0.29) is 23.8 Å². The van der Waals surface area contributed by atoms with Gasteiger partial charge in [-0.1, -0.05) is 37.3 Å². The maximum Gasteiger partial charge on any atom is 0.289 e. The molecule has 0 fully saturated rings. The Morgan fingerprint density at radius 3 is 2.54 bits per heavy atom. The van der Waals surface area contributed by atoms with Crippen LogP contribution in [-0.2, 0) is 17.9 Å². The van der Waals surface area contributed by atoms with Gasteiger partial charge in [-0.05, 0) is 25.8 Å².